The van der Waals surface area contributed by atoms with Crippen molar-refractivity contribution in [3.8, 4) is 0 Å². The molecule has 0 aliphatic carbocycles. The molecule has 0 aliphatic heterocycles. The Labute approximate surface area is 116 Å². The average Bonchev–Trinajstić information content (AvgIpc) is 2.45. The summed E-state index contributed by atoms with van der Waals surface area (Å²) >= 11 is 0. The highest BCUT2D eigenvalue weighted by molar-refractivity contribution is 5.35. The topological polar surface area (TPSA) is 12.0 Å². The normalized spacial score (nSPS) is 13.2. The van der Waals surface area contributed by atoms with Gasteiger partial charge in [-0.1, -0.05) is 49.4 Å². The Balaban J connectivity index is 2.40. The molecule has 0 aromatic heterocycles. The van der Waals surface area contributed by atoms with Crippen LogP contribution in [-0.4, -0.2) is 6.54 Å². The lowest BCUT2D eigenvalue weighted by atomic mass is 9.97. The molecule has 0 heterocycles. The third-order valence-corrected chi connectivity index (χ3v) is 3.09. The molecule has 1 N–H and O–H groups in total. The second-order valence-corrected chi connectivity index (χ2v) is 4.52. The van der Waals surface area contributed by atoms with E-state index in [0.717, 1.165) is 11.6 Å². The van der Waals surface area contributed by atoms with E-state index in [1.165, 1.54) is 12.1 Å². The number of rotatable bonds is 4. The summed E-state index contributed by atoms with van der Waals surface area (Å²) in [7, 11) is 0. The van der Waals surface area contributed by atoms with Crippen molar-refractivity contribution in [1.82, 2.24) is 5.32 Å². The first-order valence-electron chi connectivity index (χ1n) is 6.48. The molecule has 2 aromatic carbocycles. The quantitative estimate of drug-likeness (QED) is 0.874. The second kappa shape index (κ2) is 6.09. The van der Waals surface area contributed by atoms with Gasteiger partial charge in [0.05, 0.1) is 11.6 Å². The van der Waals surface area contributed by atoms with E-state index < -0.39 is 11.7 Å². The van der Waals surface area contributed by atoms with Crippen LogP contribution in [0.3, 0.4) is 0 Å². The van der Waals surface area contributed by atoms with Crippen LogP contribution in [0.1, 0.15) is 29.7 Å². The van der Waals surface area contributed by atoms with Gasteiger partial charge in [-0.15, -0.1) is 0 Å². The summed E-state index contributed by atoms with van der Waals surface area (Å²) in [6, 6.07) is 14.7. The van der Waals surface area contributed by atoms with E-state index in [2.05, 4.69) is 5.32 Å². The first-order valence-corrected chi connectivity index (χ1v) is 6.48. The van der Waals surface area contributed by atoms with Crippen molar-refractivity contribution in [2.24, 2.45) is 0 Å². The third kappa shape index (κ3) is 3.39. The Morgan fingerprint density at radius 2 is 1.60 bits per heavy atom. The standard InChI is InChI=1S/C16H16F3N/c1-2-20-15(12-7-4-3-5-8-12)13-9-6-10-14(11-13)16(17,18)19/h3-11,15,20H,2H2,1H3. The van der Waals surface area contributed by atoms with Gasteiger partial charge in [-0.25, -0.2) is 0 Å². The van der Waals surface area contributed by atoms with E-state index in [1.807, 2.05) is 37.3 Å². The maximum Gasteiger partial charge on any atom is 0.416 e. The molecule has 0 amide bonds. The molecule has 4 heteroatoms. The predicted octanol–water partition coefficient (Wildman–Crippen LogP) is 4.40. The number of alkyl halides is 3. The lowest BCUT2D eigenvalue weighted by molar-refractivity contribution is -0.137. The minimum Gasteiger partial charge on any atom is -0.307 e. The lowest BCUT2D eigenvalue weighted by Crippen LogP contribution is -2.22. The SMILES string of the molecule is CCNC(c1ccccc1)c1cccc(C(F)(F)F)c1. The largest absolute Gasteiger partial charge is 0.416 e. The highest BCUT2D eigenvalue weighted by Crippen LogP contribution is 2.32. The van der Waals surface area contributed by atoms with Crippen LogP contribution in [0.2, 0.25) is 0 Å². The molecule has 0 fully saturated rings. The van der Waals surface area contributed by atoms with Gasteiger partial charge < -0.3 is 5.32 Å². The minimum atomic E-state index is -4.32. The van der Waals surface area contributed by atoms with Crippen molar-refractivity contribution in [3.63, 3.8) is 0 Å². The van der Waals surface area contributed by atoms with Crippen LogP contribution in [-0.2, 0) is 6.18 Å². The number of hydrogen-bond donors (Lipinski definition) is 1. The van der Waals surface area contributed by atoms with E-state index in [4.69, 9.17) is 0 Å². The predicted molar refractivity (Wildman–Crippen MR) is 73.4 cm³/mol. The van der Waals surface area contributed by atoms with Gasteiger partial charge in [-0.2, -0.15) is 13.2 Å². The molecule has 1 unspecified atom stereocenters. The summed E-state index contributed by atoms with van der Waals surface area (Å²) < 4.78 is 38.4. The van der Waals surface area contributed by atoms with Crippen LogP contribution in [0.15, 0.2) is 54.6 Å². The van der Waals surface area contributed by atoms with E-state index in [0.29, 0.717) is 12.1 Å². The van der Waals surface area contributed by atoms with E-state index in [9.17, 15) is 13.2 Å². The summed E-state index contributed by atoms with van der Waals surface area (Å²) in [6.07, 6.45) is -4.32. The Hall–Kier alpha value is -1.81. The van der Waals surface area contributed by atoms with E-state index >= 15 is 0 Å². The van der Waals surface area contributed by atoms with Crippen molar-refractivity contribution in [2.45, 2.75) is 19.1 Å². The van der Waals surface area contributed by atoms with Crippen LogP contribution in [0.4, 0.5) is 13.2 Å². The van der Waals surface area contributed by atoms with Crippen LogP contribution < -0.4 is 5.32 Å². The van der Waals surface area contributed by atoms with Crippen molar-refractivity contribution in [3.05, 3.63) is 71.3 Å². The van der Waals surface area contributed by atoms with Gasteiger partial charge in [-0.05, 0) is 29.8 Å². The maximum absolute atomic E-state index is 12.8. The minimum absolute atomic E-state index is 0.233. The molecule has 0 saturated heterocycles. The first-order chi connectivity index (χ1) is 9.52. The fraction of sp³-hybridized carbons (Fsp3) is 0.250. The summed E-state index contributed by atoms with van der Waals surface area (Å²) in [5.74, 6) is 0. The highest BCUT2D eigenvalue weighted by atomic mass is 19.4. The van der Waals surface area contributed by atoms with Crippen LogP contribution >= 0.6 is 0 Å². The Bertz CT molecular complexity index is 549. The molecule has 2 rings (SSSR count). The van der Waals surface area contributed by atoms with Crippen molar-refractivity contribution in [2.75, 3.05) is 6.54 Å². The summed E-state index contributed by atoms with van der Waals surface area (Å²) in [4.78, 5) is 0. The van der Waals surface area contributed by atoms with Gasteiger partial charge in [0.15, 0.2) is 0 Å². The summed E-state index contributed by atoms with van der Waals surface area (Å²) in [5.41, 5.74) is 0.954. The average molecular weight is 279 g/mol. The molecule has 1 nitrogen and oxygen atoms in total. The fourth-order valence-electron chi connectivity index (χ4n) is 2.17. The molecule has 2 aromatic rings. The number of hydrogen-bond acceptors (Lipinski definition) is 1. The highest BCUT2D eigenvalue weighted by Gasteiger charge is 2.31. The van der Waals surface area contributed by atoms with Gasteiger partial charge >= 0.3 is 6.18 Å². The maximum atomic E-state index is 12.8. The smallest absolute Gasteiger partial charge is 0.307 e. The van der Waals surface area contributed by atoms with Crippen molar-refractivity contribution >= 4 is 0 Å². The molecular weight excluding hydrogens is 263 g/mol. The number of nitrogens with one attached hydrogen (secondary N) is 1. The zero-order valence-electron chi connectivity index (χ0n) is 11.1. The van der Waals surface area contributed by atoms with Gasteiger partial charge in [-0.3, -0.25) is 0 Å². The Morgan fingerprint density at radius 3 is 2.20 bits per heavy atom. The first kappa shape index (κ1) is 14.6. The van der Waals surface area contributed by atoms with Gasteiger partial charge in [0.2, 0.25) is 0 Å². The monoisotopic (exact) mass is 279 g/mol. The molecule has 1 atom stereocenters. The molecule has 0 radical (unpaired) electrons. The molecular formula is C16H16F3N. The second-order valence-electron chi connectivity index (χ2n) is 4.52. The molecule has 0 spiro atoms. The Kier molecular flexibility index (Phi) is 4.45. The number of benzene rings is 2. The summed E-state index contributed by atoms with van der Waals surface area (Å²) in [5, 5.41) is 3.23. The molecule has 20 heavy (non-hydrogen) atoms. The molecule has 0 saturated carbocycles. The van der Waals surface area contributed by atoms with Crippen molar-refractivity contribution in [1.29, 1.82) is 0 Å². The molecule has 0 bridgehead atoms. The van der Waals surface area contributed by atoms with Crippen LogP contribution in [0.25, 0.3) is 0 Å². The number of halogens is 3. The third-order valence-electron chi connectivity index (χ3n) is 3.09. The Morgan fingerprint density at radius 1 is 0.950 bits per heavy atom. The lowest BCUT2D eigenvalue weighted by Gasteiger charge is -2.20. The van der Waals surface area contributed by atoms with Gasteiger partial charge in [0.25, 0.3) is 0 Å². The summed E-state index contributed by atoms with van der Waals surface area (Å²) in [6.45, 7) is 2.61. The fourth-order valence-corrected chi connectivity index (χ4v) is 2.17. The van der Waals surface area contributed by atoms with E-state index in [1.54, 1.807) is 6.07 Å². The van der Waals surface area contributed by atoms with E-state index in [-0.39, 0.29) is 6.04 Å². The van der Waals surface area contributed by atoms with Gasteiger partial charge in [0, 0.05) is 0 Å². The zero-order chi connectivity index (χ0) is 14.6. The molecule has 0 aliphatic rings. The van der Waals surface area contributed by atoms with Gasteiger partial charge in [0.1, 0.15) is 0 Å². The van der Waals surface area contributed by atoms with Crippen molar-refractivity contribution < 1.29 is 13.2 Å². The molecule has 106 valence electrons. The van der Waals surface area contributed by atoms with Crippen LogP contribution in [0.5, 0.6) is 0 Å². The van der Waals surface area contributed by atoms with Crippen LogP contribution in [0, 0.1) is 0 Å². The zero-order valence-corrected chi connectivity index (χ0v) is 11.1.